The zero-order valence-corrected chi connectivity index (χ0v) is 6.41. The van der Waals surface area contributed by atoms with Gasteiger partial charge in [-0.15, -0.1) is 0 Å². The Bertz CT molecular complexity index is 62.9. The molecule has 1 aliphatic rings. The van der Waals surface area contributed by atoms with Gasteiger partial charge in [-0.3, -0.25) is 0 Å². The van der Waals surface area contributed by atoms with E-state index in [1.165, 1.54) is 30.4 Å². The maximum atomic E-state index is 2.30. The van der Waals surface area contributed by atoms with Crippen LogP contribution in [0, 0.1) is 0 Å². The summed E-state index contributed by atoms with van der Waals surface area (Å²) in [6.07, 6.45) is 2.88. The SMILES string of the molecule is C[N+]1(C)CCCC1.[Cl-]. The summed E-state index contributed by atoms with van der Waals surface area (Å²) in [7, 11) is 4.60. The van der Waals surface area contributed by atoms with Crippen LogP contribution in [0.1, 0.15) is 12.8 Å². The number of nitrogens with zero attached hydrogens (tertiary/aromatic N) is 1. The molecule has 0 bridgehead atoms. The van der Waals surface area contributed by atoms with E-state index in [-0.39, 0.29) is 12.4 Å². The third-order valence-electron chi connectivity index (χ3n) is 1.78. The van der Waals surface area contributed by atoms with Crippen molar-refractivity contribution in [3.8, 4) is 0 Å². The van der Waals surface area contributed by atoms with Crippen LogP contribution in [0.5, 0.6) is 0 Å². The Morgan fingerprint density at radius 2 is 1.38 bits per heavy atom. The van der Waals surface area contributed by atoms with Crippen LogP contribution < -0.4 is 12.4 Å². The summed E-state index contributed by atoms with van der Waals surface area (Å²) >= 11 is 0. The number of halogens is 1. The molecule has 50 valence electrons. The molecule has 0 atom stereocenters. The van der Waals surface area contributed by atoms with Crippen LogP contribution in [0.2, 0.25) is 0 Å². The number of hydrogen-bond acceptors (Lipinski definition) is 0. The second kappa shape index (κ2) is 2.70. The lowest BCUT2D eigenvalue weighted by atomic mass is 10.4. The van der Waals surface area contributed by atoms with Crippen LogP contribution in [0.25, 0.3) is 0 Å². The molecule has 0 aromatic rings. The Morgan fingerprint density at radius 3 is 1.50 bits per heavy atom. The van der Waals surface area contributed by atoms with Crippen LogP contribution in [-0.2, 0) is 0 Å². The van der Waals surface area contributed by atoms with Gasteiger partial charge in [0, 0.05) is 12.8 Å². The molecule has 0 saturated carbocycles. The lowest BCUT2D eigenvalue weighted by molar-refractivity contribution is -0.877. The van der Waals surface area contributed by atoms with Gasteiger partial charge in [-0.05, 0) is 0 Å². The molecule has 0 aliphatic carbocycles. The molecular weight excluding hydrogens is 122 g/mol. The second-order valence-electron chi connectivity index (χ2n) is 3.09. The first-order chi connectivity index (χ1) is 3.21. The Morgan fingerprint density at radius 1 is 1.00 bits per heavy atom. The summed E-state index contributed by atoms with van der Waals surface area (Å²) in [5.41, 5.74) is 0. The van der Waals surface area contributed by atoms with E-state index in [9.17, 15) is 0 Å². The minimum absolute atomic E-state index is 0. The summed E-state index contributed by atoms with van der Waals surface area (Å²) in [5, 5.41) is 0. The van der Waals surface area contributed by atoms with Crippen LogP contribution in [0.15, 0.2) is 0 Å². The second-order valence-corrected chi connectivity index (χ2v) is 3.09. The van der Waals surface area contributed by atoms with Crippen LogP contribution >= 0.6 is 0 Å². The topological polar surface area (TPSA) is 0 Å². The summed E-state index contributed by atoms with van der Waals surface area (Å²) in [4.78, 5) is 0. The monoisotopic (exact) mass is 135 g/mol. The van der Waals surface area contributed by atoms with Crippen molar-refractivity contribution < 1.29 is 16.9 Å². The Balaban J connectivity index is 0.000000490. The van der Waals surface area contributed by atoms with Crippen molar-refractivity contribution in [2.45, 2.75) is 12.8 Å². The summed E-state index contributed by atoms with van der Waals surface area (Å²) in [5.74, 6) is 0. The highest BCUT2D eigenvalue weighted by molar-refractivity contribution is 4.46. The predicted molar refractivity (Wildman–Crippen MR) is 31.1 cm³/mol. The minimum Gasteiger partial charge on any atom is -1.00 e. The van der Waals surface area contributed by atoms with E-state index < -0.39 is 0 Å². The molecule has 0 aromatic carbocycles. The first kappa shape index (κ1) is 8.25. The van der Waals surface area contributed by atoms with Crippen molar-refractivity contribution in [1.29, 1.82) is 0 Å². The first-order valence-electron chi connectivity index (χ1n) is 3.03. The zero-order chi connectivity index (χ0) is 5.33. The van der Waals surface area contributed by atoms with Gasteiger partial charge in [-0.2, -0.15) is 0 Å². The highest BCUT2D eigenvalue weighted by atomic mass is 35.5. The van der Waals surface area contributed by atoms with Crippen LogP contribution in [0.3, 0.4) is 0 Å². The molecule has 1 fully saturated rings. The van der Waals surface area contributed by atoms with Gasteiger partial charge in [0.1, 0.15) is 0 Å². The van der Waals surface area contributed by atoms with Crippen molar-refractivity contribution in [3.63, 3.8) is 0 Å². The van der Waals surface area contributed by atoms with E-state index >= 15 is 0 Å². The molecule has 1 heterocycles. The predicted octanol–water partition coefficient (Wildman–Crippen LogP) is -2.14. The van der Waals surface area contributed by atoms with Gasteiger partial charge in [0.05, 0.1) is 27.2 Å². The molecule has 0 unspecified atom stereocenters. The summed E-state index contributed by atoms with van der Waals surface area (Å²) in [6, 6.07) is 0. The van der Waals surface area contributed by atoms with E-state index in [4.69, 9.17) is 0 Å². The quantitative estimate of drug-likeness (QED) is 0.333. The molecular formula is C6H14ClN. The van der Waals surface area contributed by atoms with Crippen molar-refractivity contribution in [2.24, 2.45) is 0 Å². The van der Waals surface area contributed by atoms with Crippen molar-refractivity contribution in [2.75, 3.05) is 27.2 Å². The molecule has 1 saturated heterocycles. The first-order valence-corrected chi connectivity index (χ1v) is 3.03. The number of likely N-dealkylation sites (tertiary alicyclic amines) is 1. The highest BCUT2D eigenvalue weighted by Crippen LogP contribution is 2.11. The highest BCUT2D eigenvalue weighted by Gasteiger charge is 2.19. The lowest BCUT2D eigenvalue weighted by Crippen LogP contribution is -3.00. The summed E-state index contributed by atoms with van der Waals surface area (Å²) in [6.45, 7) is 2.78. The Labute approximate surface area is 57.7 Å². The Kier molecular flexibility index (Phi) is 2.78. The van der Waals surface area contributed by atoms with E-state index in [2.05, 4.69) is 14.1 Å². The van der Waals surface area contributed by atoms with Gasteiger partial charge in [-0.25, -0.2) is 0 Å². The molecule has 8 heavy (non-hydrogen) atoms. The van der Waals surface area contributed by atoms with Gasteiger partial charge >= 0.3 is 0 Å². The smallest absolute Gasteiger partial charge is 0.0784 e. The standard InChI is InChI=1S/C6H14N.ClH/c1-7(2)5-3-4-6-7;/h3-6H2,1-2H3;1H/q+1;/p-1. The summed E-state index contributed by atoms with van der Waals surface area (Å²) < 4.78 is 1.25. The van der Waals surface area contributed by atoms with Crippen LogP contribution in [0.4, 0.5) is 0 Å². The van der Waals surface area contributed by atoms with Gasteiger partial charge in [-0.1, -0.05) is 0 Å². The van der Waals surface area contributed by atoms with Gasteiger partial charge in [0.15, 0.2) is 0 Å². The van der Waals surface area contributed by atoms with Gasteiger partial charge in [0.25, 0.3) is 0 Å². The fraction of sp³-hybridized carbons (Fsp3) is 1.00. The number of hydrogen-bond donors (Lipinski definition) is 0. The van der Waals surface area contributed by atoms with Crippen LogP contribution in [-0.4, -0.2) is 31.7 Å². The molecule has 0 spiro atoms. The third kappa shape index (κ3) is 2.01. The van der Waals surface area contributed by atoms with Gasteiger partial charge in [0.2, 0.25) is 0 Å². The van der Waals surface area contributed by atoms with E-state index in [1.54, 1.807) is 0 Å². The molecule has 2 heteroatoms. The van der Waals surface area contributed by atoms with Crippen molar-refractivity contribution in [1.82, 2.24) is 0 Å². The fourth-order valence-corrected chi connectivity index (χ4v) is 1.19. The third-order valence-corrected chi connectivity index (χ3v) is 1.78. The van der Waals surface area contributed by atoms with E-state index in [0.717, 1.165) is 0 Å². The normalized spacial score (nSPS) is 24.8. The van der Waals surface area contributed by atoms with Crippen molar-refractivity contribution in [3.05, 3.63) is 0 Å². The largest absolute Gasteiger partial charge is 1.00 e. The molecule has 1 rings (SSSR count). The van der Waals surface area contributed by atoms with Crippen molar-refractivity contribution >= 4 is 0 Å². The molecule has 0 amide bonds. The minimum atomic E-state index is 0. The maximum Gasteiger partial charge on any atom is 0.0784 e. The van der Waals surface area contributed by atoms with Gasteiger partial charge < -0.3 is 16.9 Å². The average molecular weight is 136 g/mol. The molecule has 0 aromatic heterocycles. The lowest BCUT2D eigenvalue weighted by Gasteiger charge is -2.21. The fourth-order valence-electron chi connectivity index (χ4n) is 1.19. The Hall–Kier alpha value is 0.250. The molecule has 1 nitrogen and oxygen atoms in total. The number of quaternary nitrogens is 1. The molecule has 1 aliphatic heterocycles. The molecule has 0 radical (unpaired) electrons. The molecule has 0 N–H and O–H groups in total. The zero-order valence-electron chi connectivity index (χ0n) is 5.65. The average Bonchev–Trinajstić information content (AvgIpc) is 1.84. The van der Waals surface area contributed by atoms with E-state index in [0.29, 0.717) is 0 Å². The number of rotatable bonds is 0. The van der Waals surface area contributed by atoms with E-state index in [1.807, 2.05) is 0 Å². The maximum absolute atomic E-state index is 2.30.